The molecule has 0 bridgehead atoms. The second-order valence-corrected chi connectivity index (χ2v) is 5.93. The van der Waals surface area contributed by atoms with Crippen LogP contribution in [0.2, 0.25) is 0 Å². The van der Waals surface area contributed by atoms with Gasteiger partial charge in [-0.15, -0.1) is 0 Å². The molecule has 0 aliphatic carbocycles. The third-order valence-electron chi connectivity index (χ3n) is 3.24. The predicted molar refractivity (Wildman–Crippen MR) is 87.1 cm³/mol. The fourth-order valence-electron chi connectivity index (χ4n) is 2.23. The third-order valence-corrected chi connectivity index (χ3v) is 3.85. The summed E-state index contributed by atoms with van der Waals surface area (Å²) < 4.78 is 3.05. The van der Waals surface area contributed by atoms with E-state index in [0.717, 1.165) is 47.5 Å². The van der Waals surface area contributed by atoms with E-state index in [-0.39, 0.29) is 6.04 Å². The molecule has 0 aromatic carbocycles. The minimum absolute atomic E-state index is 0.00137. The lowest BCUT2D eigenvalue weighted by Crippen LogP contribution is -2.27. The molecule has 21 heavy (non-hydrogen) atoms. The average Bonchev–Trinajstić information content (AvgIpc) is 2.83. The molecule has 2 heterocycles. The highest BCUT2D eigenvalue weighted by Gasteiger charge is 2.22. The van der Waals surface area contributed by atoms with Gasteiger partial charge in [0.1, 0.15) is 0 Å². The van der Waals surface area contributed by atoms with Crippen molar-refractivity contribution >= 4 is 15.9 Å². The molecule has 6 heteroatoms. The summed E-state index contributed by atoms with van der Waals surface area (Å²) in [5.41, 5.74) is 2.96. The van der Waals surface area contributed by atoms with E-state index < -0.39 is 0 Å². The molecule has 0 spiro atoms. The summed E-state index contributed by atoms with van der Waals surface area (Å²) in [5.74, 6) is 0. The lowest BCUT2D eigenvalue weighted by molar-refractivity contribution is 0.503. The first kappa shape index (κ1) is 16.1. The maximum atomic E-state index is 4.54. The van der Waals surface area contributed by atoms with Gasteiger partial charge in [0.25, 0.3) is 0 Å². The molecular weight excluding hydrogens is 330 g/mol. The van der Waals surface area contributed by atoms with Gasteiger partial charge in [-0.3, -0.25) is 14.6 Å². The van der Waals surface area contributed by atoms with Crippen LogP contribution < -0.4 is 5.32 Å². The maximum absolute atomic E-state index is 4.54. The van der Waals surface area contributed by atoms with E-state index in [0.29, 0.717) is 0 Å². The standard InChI is InChI=1S/C15H22BrN5/c1-4-6-17-14(13-10-18-11(3)8-19-13)15-12(16)9-20-21(15)7-5-2/h8-10,14,17H,4-7H2,1-3H3. The number of nitrogens with one attached hydrogen (secondary N) is 1. The molecule has 0 saturated carbocycles. The molecule has 114 valence electrons. The van der Waals surface area contributed by atoms with Crippen molar-refractivity contribution in [3.63, 3.8) is 0 Å². The molecule has 0 saturated heterocycles. The Hall–Kier alpha value is -1.27. The van der Waals surface area contributed by atoms with Crippen molar-refractivity contribution in [1.82, 2.24) is 25.1 Å². The van der Waals surface area contributed by atoms with Crippen molar-refractivity contribution in [1.29, 1.82) is 0 Å². The minimum atomic E-state index is 0.00137. The number of aryl methyl sites for hydroxylation is 2. The van der Waals surface area contributed by atoms with Crippen molar-refractivity contribution in [3.8, 4) is 0 Å². The van der Waals surface area contributed by atoms with Crippen LogP contribution in [-0.2, 0) is 6.54 Å². The van der Waals surface area contributed by atoms with Gasteiger partial charge in [0.2, 0.25) is 0 Å². The topological polar surface area (TPSA) is 55.6 Å². The van der Waals surface area contributed by atoms with Crippen molar-refractivity contribution < 1.29 is 0 Å². The molecule has 0 aliphatic rings. The van der Waals surface area contributed by atoms with Gasteiger partial charge in [-0.05, 0) is 42.2 Å². The van der Waals surface area contributed by atoms with Crippen molar-refractivity contribution in [3.05, 3.63) is 40.1 Å². The first-order valence-electron chi connectivity index (χ1n) is 7.40. The first-order valence-corrected chi connectivity index (χ1v) is 8.19. The Balaban J connectivity index is 2.40. The summed E-state index contributed by atoms with van der Waals surface area (Å²) in [5, 5.41) is 8.01. The second kappa shape index (κ2) is 7.66. The molecule has 0 radical (unpaired) electrons. The molecule has 0 fully saturated rings. The van der Waals surface area contributed by atoms with Crippen LogP contribution in [0.3, 0.4) is 0 Å². The highest BCUT2D eigenvalue weighted by Crippen LogP contribution is 2.27. The Morgan fingerprint density at radius 1 is 1.19 bits per heavy atom. The van der Waals surface area contributed by atoms with Crippen LogP contribution in [0, 0.1) is 6.92 Å². The van der Waals surface area contributed by atoms with Gasteiger partial charge in [-0.25, -0.2) is 0 Å². The highest BCUT2D eigenvalue weighted by atomic mass is 79.9. The van der Waals surface area contributed by atoms with Gasteiger partial charge in [0, 0.05) is 12.7 Å². The zero-order valence-corrected chi connectivity index (χ0v) is 14.4. The maximum Gasteiger partial charge on any atom is 0.0949 e. The van der Waals surface area contributed by atoms with Crippen LogP contribution in [-0.4, -0.2) is 26.3 Å². The van der Waals surface area contributed by atoms with Gasteiger partial charge < -0.3 is 5.32 Å². The van der Waals surface area contributed by atoms with Crippen LogP contribution in [0.5, 0.6) is 0 Å². The lowest BCUT2D eigenvalue weighted by Gasteiger charge is -2.20. The summed E-state index contributed by atoms with van der Waals surface area (Å²) in [6.45, 7) is 8.07. The van der Waals surface area contributed by atoms with Crippen LogP contribution in [0.4, 0.5) is 0 Å². The van der Waals surface area contributed by atoms with Crippen molar-refractivity contribution in [2.45, 2.75) is 46.2 Å². The number of halogens is 1. The van der Waals surface area contributed by atoms with E-state index >= 15 is 0 Å². The number of aromatic nitrogens is 4. The summed E-state index contributed by atoms with van der Waals surface area (Å²) >= 11 is 3.62. The fourth-order valence-corrected chi connectivity index (χ4v) is 2.76. The SMILES string of the molecule is CCCNC(c1cnc(C)cn1)c1c(Br)cnn1CCC. The van der Waals surface area contributed by atoms with E-state index in [9.17, 15) is 0 Å². The van der Waals surface area contributed by atoms with E-state index in [1.165, 1.54) is 0 Å². The predicted octanol–water partition coefficient (Wildman–Crippen LogP) is 3.24. The lowest BCUT2D eigenvalue weighted by atomic mass is 10.1. The van der Waals surface area contributed by atoms with E-state index in [4.69, 9.17) is 0 Å². The Morgan fingerprint density at radius 3 is 2.62 bits per heavy atom. The summed E-state index contributed by atoms with van der Waals surface area (Å²) in [6, 6.07) is 0.00137. The van der Waals surface area contributed by atoms with Crippen molar-refractivity contribution in [2.24, 2.45) is 0 Å². The molecule has 5 nitrogen and oxygen atoms in total. The molecule has 1 atom stereocenters. The zero-order chi connectivity index (χ0) is 15.2. The van der Waals surface area contributed by atoms with Crippen LogP contribution in [0.1, 0.15) is 49.8 Å². The normalized spacial score (nSPS) is 12.6. The monoisotopic (exact) mass is 351 g/mol. The minimum Gasteiger partial charge on any atom is -0.304 e. The van der Waals surface area contributed by atoms with Crippen molar-refractivity contribution in [2.75, 3.05) is 6.54 Å². The molecular formula is C15H22BrN5. The molecule has 2 rings (SSSR count). The quantitative estimate of drug-likeness (QED) is 0.831. The van der Waals surface area contributed by atoms with E-state index in [1.54, 1.807) is 0 Å². The smallest absolute Gasteiger partial charge is 0.0949 e. The molecule has 2 aromatic heterocycles. The Labute approximate surface area is 134 Å². The number of hydrogen-bond acceptors (Lipinski definition) is 4. The summed E-state index contributed by atoms with van der Waals surface area (Å²) in [4.78, 5) is 8.92. The summed E-state index contributed by atoms with van der Waals surface area (Å²) in [7, 11) is 0. The van der Waals surface area contributed by atoms with Crippen LogP contribution in [0.15, 0.2) is 23.1 Å². The second-order valence-electron chi connectivity index (χ2n) is 5.07. The molecule has 1 unspecified atom stereocenters. The molecule has 0 amide bonds. The van der Waals surface area contributed by atoms with E-state index in [2.05, 4.69) is 50.2 Å². The first-order chi connectivity index (χ1) is 10.2. The van der Waals surface area contributed by atoms with Crippen LogP contribution >= 0.6 is 15.9 Å². The van der Waals surface area contributed by atoms with Gasteiger partial charge in [0.15, 0.2) is 0 Å². The Morgan fingerprint density at radius 2 is 2.00 bits per heavy atom. The number of rotatable bonds is 7. The van der Waals surface area contributed by atoms with Gasteiger partial charge in [-0.2, -0.15) is 5.10 Å². The Kier molecular flexibility index (Phi) is 5.87. The molecule has 2 aromatic rings. The highest BCUT2D eigenvalue weighted by molar-refractivity contribution is 9.10. The number of nitrogens with zero attached hydrogens (tertiary/aromatic N) is 4. The molecule has 0 aliphatic heterocycles. The van der Waals surface area contributed by atoms with Crippen LogP contribution in [0.25, 0.3) is 0 Å². The molecule has 1 N–H and O–H groups in total. The fraction of sp³-hybridized carbons (Fsp3) is 0.533. The average molecular weight is 352 g/mol. The van der Waals surface area contributed by atoms with Gasteiger partial charge >= 0.3 is 0 Å². The summed E-state index contributed by atoms with van der Waals surface area (Å²) in [6.07, 6.45) is 7.62. The zero-order valence-electron chi connectivity index (χ0n) is 12.8. The largest absolute Gasteiger partial charge is 0.304 e. The Bertz CT molecular complexity index is 564. The van der Waals surface area contributed by atoms with Gasteiger partial charge in [-0.1, -0.05) is 13.8 Å². The number of hydrogen-bond donors (Lipinski definition) is 1. The van der Waals surface area contributed by atoms with E-state index in [1.807, 2.05) is 30.2 Å². The third kappa shape index (κ3) is 3.89. The van der Waals surface area contributed by atoms with Gasteiger partial charge in [0.05, 0.1) is 40.0 Å².